The Morgan fingerprint density at radius 2 is 2.11 bits per heavy atom. The predicted molar refractivity (Wildman–Crippen MR) is 128 cm³/mol. The van der Waals surface area contributed by atoms with Crippen molar-refractivity contribution in [3.05, 3.63) is 84.4 Å². The van der Waals surface area contributed by atoms with Gasteiger partial charge in [-0.25, -0.2) is 4.98 Å². The number of rotatable bonds is 8. The highest BCUT2D eigenvalue weighted by molar-refractivity contribution is 5.79. The zero-order chi connectivity index (χ0) is 24.4. The minimum atomic E-state index is -0.959. The Morgan fingerprint density at radius 3 is 2.86 bits per heavy atom. The normalized spacial score (nSPS) is 11.8. The summed E-state index contributed by atoms with van der Waals surface area (Å²) in [4.78, 5) is 22.5. The number of hydrogen-bond donors (Lipinski definition) is 3. The molecule has 3 N–H and O–H groups in total. The number of aromatic nitrogens is 6. The molecule has 4 heterocycles. The molecule has 0 fully saturated rings. The van der Waals surface area contributed by atoms with E-state index in [9.17, 15) is 9.90 Å². The Hall–Kier alpha value is -4.97. The second-order valence-electron chi connectivity index (χ2n) is 7.49. The van der Waals surface area contributed by atoms with Gasteiger partial charge in [-0.1, -0.05) is 17.8 Å². The molecule has 12 heteroatoms. The number of anilines is 3. The fraction of sp³-hybridized carbons (Fsp3) is 0.0870. The van der Waals surface area contributed by atoms with E-state index >= 15 is 0 Å². The average molecular weight is 472 g/mol. The van der Waals surface area contributed by atoms with Crippen molar-refractivity contribution in [1.29, 1.82) is 0 Å². The van der Waals surface area contributed by atoms with Crippen LogP contribution in [0.2, 0.25) is 0 Å². The van der Waals surface area contributed by atoms with Crippen LogP contribution in [0.1, 0.15) is 0 Å². The zero-order valence-electron chi connectivity index (χ0n) is 18.5. The summed E-state index contributed by atoms with van der Waals surface area (Å²) in [5.74, 6) is 0.581. The van der Waals surface area contributed by atoms with Crippen LogP contribution in [0.4, 0.5) is 17.3 Å². The maximum absolute atomic E-state index is 13.6. The van der Waals surface area contributed by atoms with Gasteiger partial charge in [0.05, 0.1) is 17.6 Å². The van der Waals surface area contributed by atoms with E-state index in [1.807, 2.05) is 0 Å². The number of nitrogens with zero attached hydrogens (tertiary/aromatic N) is 6. The molecule has 0 saturated heterocycles. The van der Waals surface area contributed by atoms with Crippen molar-refractivity contribution in [3.63, 3.8) is 0 Å². The summed E-state index contributed by atoms with van der Waals surface area (Å²) in [7, 11) is 1.80. The van der Waals surface area contributed by atoms with Crippen molar-refractivity contribution >= 4 is 28.4 Å². The van der Waals surface area contributed by atoms with Crippen LogP contribution in [0.25, 0.3) is 16.7 Å². The molecule has 0 aliphatic carbocycles. The van der Waals surface area contributed by atoms with Crippen molar-refractivity contribution in [2.75, 3.05) is 10.6 Å². The topological polar surface area (TPSA) is 145 Å². The van der Waals surface area contributed by atoms with Gasteiger partial charge in [0, 0.05) is 30.5 Å². The summed E-state index contributed by atoms with van der Waals surface area (Å²) < 4.78 is 13.6. The number of fused-ring (bicyclic) bond motifs is 1. The number of pyridine rings is 1. The molecule has 0 bridgehead atoms. The van der Waals surface area contributed by atoms with Crippen molar-refractivity contribution in [3.8, 4) is 17.2 Å². The first-order valence-electron chi connectivity index (χ1n) is 10.4. The molecule has 0 radical (unpaired) electrons. The standard InChI is InChI=1S/C23H20N8O4/c1-3-20(32)27-15-5-4-6-17(8-15)31-21-14(7-19(22(31)33)35-18-11-26-34-13-18)9-24-23(29-21)28-16-10-25-30(2)12-16/h3-13,20,27,32H,1H2,2H3,(H,24,28,29). The van der Waals surface area contributed by atoms with Crippen LogP contribution in [-0.2, 0) is 7.05 Å². The van der Waals surface area contributed by atoms with Gasteiger partial charge in [0.2, 0.25) is 5.95 Å². The van der Waals surface area contributed by atoms with Crippen molar-refractivity contribution in [2.45, 2.75) is 6.23 Å². The van der Waals surface area contributed by atoms with Gasteiger partial charge in [0.25, 0.3) is 5.56 Å². The molecular formula is C23H20N8O4. The minimum Gasteiger partial charge on any atom is -0.446 e. The molecule has 0 amide bonds. The maximum Gasteiger partial charge on any atom is 0.299 e. The highest BCUT2D eigenvalue weighted by Crippen LogP contribution is 2.25. The Morgan fingerprint density at radius 1 is 1.23 bits per heavy atom. The Labute approximate surface area is 198 Å². The molecule has 5 rings (SSSR count). The van der Waals surface area contributed by atoms with E-state index < -0.39 is 11.8 Å². The van der Waals surface area contributed by atoms with Gasteiger partial charge >= 0.3 is 0 Å². The van der Waals surface area contributed by atoms with Crippen LogP contribution in [0, 0.1) is 0 Å². The molecule has 5 aromatic rings. The van der Waals surface area contributed by atoms with Crippen LogP contribution in [0.5, 0.6) is 11.5 Å². The maximum atomic E-state index is 13.6. The first-order chi connectivity index (χ1) is 17.0. The Bertz CT molecular complexity index is 1560. The number of aryl methyl sites for hydroxylation is 1. The molecule has 1 atom stereocenters. The smallest absolute Gasteiger partial charge is 0.299 e. The van der Waals surface area contributed by atoms with Gasteiger partial charge in [-0.05, 0) is 30.3 Å². The summed E-state index contributed by atoms with van der Waals surface area (Å²) in [6.45, 7) is 3.56. The van der Waals surface area contributed by atoms with Crippen LogP contribution in [-0.4, -0.2) is 40.8 Å². The lowest BCUT2D eigenvalue weighted by Gasteiger charge is -2.15. The quantitative estimate of drug-likeness (QED) is 0.228. The summed E-state index contributed by atoms with van der Waals surface area (Å²) in [5, 5.41) is 24.1. The Balaban J connectivity index is 1.66. The number of nitrogens with one attached hydrogen (secondary N) is 2. The molecule has 0 saturated carbocycles. The van der Waals surface area contributed by atoms with E-state index in [1.165, 1.54) is 23.1 Å². The van der Waals surface area contributed by atoms with Gasteiger partial charge in [0.1, 0.15) is 12.4 Å². The second kappa shape index (κ2) is 9.11. The second-order valence-corrected chi connectivity index (χ2v) is 7.49. The van der Waals surface area contributed by atoms with Gasteiger partial charge in [-0.2, -0.15) is 10.1 Å². The summed E-state index contributed by atoms with van der Waals surface area (Å²) in [6.07, 6.45) is 8.03. The fourth-order valence-corrected chi connectivity index (χ4v) is 3.40. The van der Waals surface area contributed by atoms with E-state index in [-0.39, 0.29) is 17.4 Å². The average Bonchev–Trinajstić information content (AvgIpc) is 3.51. The van der Waals surface area contributed by atoms with Crippen molar-refractivity contribution in [2.24, 2.45) is 7.05 Å². The number of ether oxygens (including phenoxy) is 1. The molecule has 0 aliphatic rings. The molecule has 1 aromatic carbocycles. The molecular weight excluding hydrogens is 452 g/mol. The van der Waals surface area contributed by atoms with Gasteiger partial charge in [0.15, 0.2) is 23.4 Å². The molecule has 1 unspecified atom stereocenters. The third kappa shape index (κ3) is 4.58. The predicted octanol–water partition coefficient (Wildman–Crippen LogP) is 2.95. The first-order valence-corrected chi connectivity index (χ1v) is 10.4. The molecule has 176 valence electrons. The number of aliphatic hydroxyl groups is 1. The zero-order valence-corrected chi connectivity index (χ0v) is 18.5. The lowest BCUT2D eigenvalue weighted by Crippen LogP contribution is -2.21. The lowest BCUT2D eigenvalue weighted by molar-refractivity contribution is 0.253. The molecule has 0 spiro atoms. The highest BCUT2D eigenvalue weighted by Gasteiger charge is 2.17. The van der Waals surface area contributed by atoms with E-state index in [0.29, 0.717) is 28.1 Å². The first kappa shape index (κ1) is 21.9. The van der Waals surface area contributed by atoms with E-state index in [0.717, 1.165) is 0 Å². The van der Waals surface area contributed by atoms with Crippen LogP contribution in [0.15, 0.2) is 83.4 Å². The third-order valence-corrected chi connectivity index (χ3v) is 4.95. The fourth-order valence-electron chi connectivity index (χ4n) is 3.40. The molecule has 12 nitrogen and oxygen atoms in total. The third-order valence-electron chi connectivity index (χ3n) is 4.95. The van der Waals surface area contributed by atoms with E-state index in [4.69, 9.17) is 9.26 Å². The number of hydrogen-bond acceptors (Lipinski definition) is 10. The van der Waals surface area contributed by atoms with Crippen LogP contribution >= 0.6 is 0 Å². The summed E-state index contributed by atoms with van der Waals surface area (Å²) >= 11 is 0. The summed E-state index contributed by atoms with van der Waals surface area (Å²) in [5.41, 5.74) is 1.63. The van der Waals surface area contributed by atoms with Crippen molar-refractivity contribution < 1.29 is 14.4 Å². The van der Waals surface area contributed by atoms with Crippen molar-refractivity contribution in [1.82, 2.24) is 29.5 Å². The molecule has 35 heavy (non-hydrogen) atoms. The van der Waals surface area contributed by atoms with Crippen LogP contribution < -0.4 is 20.9 Å². The summed E-state index contributed by atoms with van der Waals surface area (Å²) in [6, 6.07) is 8.50. The van der Waals surface area contributed by atoms with Gasteiger partial charge < -0.3 is 25.0 Å². The molecule has 4 aromatic heterocycles. The van der Waals surface area contributed by atoms with E-state index in [2.05, 4.69) is 37.4 Å². The largest absolute Gasteiger partial charge is 0.446 e. The molecule has 0 aliphatic heterocycles. The van der Waals surface area contributed by atoms with Gasteiger partial charge in [-0.15, -0.1) is 0 Å². The lowest BCUT2D eigenvalue weighted by atomic mass is 10.2. The van der Waals surface area contributed by atoms with Crippen LogP contribution in [0.3, 0.4) is 0 Å². The highest BCUT2D eigenvalue weighted by atomic mass is 16.5. The minimum absolute atomic E-state index is 0.0294. The SMILES string of the molecule is C=CC(O)Nc1cccc(-n2c(=O)c(Oc3cnoc3)cc3cnc(Nc4cnn(C)c4)nc32)c1. The monoisotopic (exact) mass is 472 g/mol. The Kier molecular flexibility index (Phi) is 5.69. The number of aliphatic hydroxyl groups excluding tert-OH is 1. The van der Waals surface area contributed by atoms with Gasteiger partial charge in [-0.3, -0.25) is 14.0 Å². The van der Waals surface area contributed by atoms with E-state index in [1.54, 1.807) is 60.7 Å². The number of benzene rings is 1.